The fourth-order valence-corrected chi connectivity index (χ4v) is 2.93. The molecule has 0 radical (unpaired) electrons. The Kier molecular flexibility index (Phi) is 6.95. The third-order valence-electron chi connectivity index (χ3n) is 4.17. The second-order valence-corrected chi connectivity index (χ2v) is 5.92. The molecule has 0 aromatic carbocycles. The molecule has 2 rings (SSSR count). The van der Waals surface area contributed by atoms with E-state index in [-0.39, 0.29) is 11.8 Å². The largest absolute Gasteiger partial charge is 0.354 e. The highest BCUT2D eigenvalue weighted by Gasteiger charge is 2.17. The van der Waals surface area contributed by atoms with Crippen LogP contribution in [0.1, 0.15) is 32.1 Å². The number of likely N-dealkylation sites (tertiary alicyclic amines) is 1. The van der Waals surface area contributed by atoms with Gasteiger partial charge < -0.3 is 15.5 Å². The SMILES string of the molecule is O=C(CN1CCCNCC1)NCCC(=O)N1CCCCC1. The van der Waals surface area contributed by atoms with Crippen molar-refractivity contribution in [2.75, 3.05) is 52.4 Å². The van der Waals surface area contributed by atoms with E-state index < -0.39 is 0 Å². The van der Waals surface area contributed by atoms with Gasteiger partial charge in [0.15, 0.2) is 0 Å². The summed E-state index contributed by atoms with van der Waals surface area (Å²) in [6, 6.07) is 0. The molecule has 0 aromatic rings. The van der Waals surface area contributed by atoms with E-state index in [9.17, 15) is 9.59 Å². The van der Waals surface area contributed by atoms with Crippen LogP contribution in [0.15, 0.2) is 0 Å². The van der Waals surface area contributed by atoms with Crippen LogP contribution in [-0.2, 0) is 9.59 Å². The summed E-state index contributed by atoms with van der Waals surface area (Å²) >= 11 is 0. The number of hydrogen-bond acceptors (Lipinski definition) is 4. The summed E-state index contributed by atoms with van der Waals surface area (Å²) in [5, 5.41) is 6.19. The smallest absolute Gasteiger partial charge is 0.234 e. The van der Waals surface area contributed by atoms with Gasteiger partial charge in [-0.05, 0) is 38.8 Å². The van der Waals surface area contributed by atoms with E-state index in [1.165, 1.54) is 6.42 Å². The zero-order chi connectivity index (χ0) is 14.9. The summed E-state index contributed by atoms with van der Waals surface area (Å²) in [4.78, 5) is 27.9. The van der Waals surface area contributed by atoms with Gasteiger partial charge in [0.05, 0.1) is 6.54 Å². The molecule has 0 unspecified atom stereocenters. The topological polar surface area (TPSA) is 64.7 Å². The predicted octanol–water partition coefficient (Wildman–Crippen LogP) is -0.199. The molecule has 0 spiro atoms. The van der Waals surface area contributed by atoms with Crippen molar-refractivity contribution < 1.29 is 9.59 Å². The zero-order valence-corrected chi connectivity index (χ0v) is 12.9. The van der Waals surface area contributed by atoms with E-state index in [2.05, 4.69) is 15.5 Å². The van der Waals surface area contributed by atoms with Crippen molar-refractivity contribution in [3.8, 4) is 0 Å². The normalized spacial score (nSPS) is 20.9. The molecule has 0 atom stereocenters. The van der Waals surface area contributed by atoms with E-state index in [1.54, 1.807) is 0 Å². The molecule has 6 heteroatoms. The van der Waals surface area contributed by atoms with E-state index in [1.807, 2.05) is 4.90 Å². The van der Waals surface area contributed by atoms with E-state index in [0.717, 1.165) is 58.5 Å². The quantitative estimate of drug-likeness (QED) is 0.737. The lowest BCUT2D eigenvalue weighted by molar-refractivity contribution is -0.132. The van der Waals surface area contributed by atoms with Gasteiger partial charge in [0.25, 0.3) is 0 Å². The highest BCUT2D eigenvalue weighted by molar-refractivity contribution is 5.80. The summed E-state index contributed by atoms with van der Waals surface area (Å²) in [5.74, 6) is 0.206. The van der Waals surface area contributed by atoms with Crippen molar-refractivity contribution in [2.45, 2.75) is 32.1 Å². The predicted molar refractivity (Wildman–Crippen MR) is 82.0 cm³/mol. The van der Waals surface area contributed by atoms with Gasteiger partial charge in [-0.1, -0.05) is 0 Å². The van der Waals surface area contributed by atoms with Gasteiger partial charge in [-0.3, -0.25) is 14.5 Å². The average Bonchev–Trinajstić information content (AvgIpc) is 2.76. The summed E-state index contributed by atoms with van der Waals surface area (Å²) in [7, 11) is 0. The zero-order valence-electron chi connectivity index (χ0n) is 12.9. The molecule has 0 aromatic heterocycles. The molecule has 21 heavy (non-hydrogen) atoms. The fourth-order valence-electron chi connectivity index (χ4n) is 2.93. The lowest BCUT2D eigenvalue weighted by atomic mass is 10.1. The number of rotatable bonds is 5. The Hall–Kier alpha value is -1.14. The maximum atomic E-state index is 12.0. The van der Waals surface area contributed by atoms with Gasteiger partial charge in [0.2, 0.25) is 11.8 Å². The summed E-state index contributed by atoms with van der Waals surface area (Å²) < 4.78 is 0. The molecule has 2 aliphatic heterocycles. The maximum absolute atomic E-state index is 12.0. The first-order valence-corrected chi connectivity index (χ1v) is 8.23. The van der Waals surface area contributed by atoms with Crippen LogP contribution in [0.4, 0.5) is 0 Å². The van der Waals surface area contributed by atoms with Gasteiger partial charge in [-0.15, -0.1) is 0 Å². The minimum absolute atomic E-state index is 0.0309. The van der Waals surface area contributed by atoms with Crippen molar-refractivity contribution >= 4 is 11.8 Å². The van der Waals surface area contributed by atoms with Crippen molar-refractivity contribution in [2.24, 2.45) is 0 Å². The number of nitrogens with zero attached hydrogens (tertiary/aromatic N) is 2. The standard InChI is InChI=1S/C15H28N4O2/c20-14(13-18-9-4-6-16-8-12-18)17-7-5-15(21)19-10-2-1-3-11-19/h16H,1-13H2,(H,17,20). The molecule has 0 saturated carbocycles. The van der Waals surface area contributed by atoms with E-state index in [0.29, 0.717) is 19.5 Å². The van der Waals surface area contributed by atoms with Gasteiger partial charge in [0, 0.05) is 39.1 Å². The minimum Gasteiger partial charge on any atom is -0.354 e. The molecule has 0 aliphatic carbocycles. The number of piperidine rings is 1. The average molecular weight is 296 g/mol. The first-order valence-electron chi connectivity index (χ1n) is 8.23. The van der Waals surface area contributed by atoms with Crippen LogP contribution < -0.4 is 10.6 Å². The van der Waals surface area contributed by atoms with Crippen molar-refractivity contribution in [3.63, 3.8) is 0 Å². The Morgan fingerprint density at radius 2 is 1.76 bits per heavy atom. The highest BCUT2D eigenvalue weighted by Crippen LogP contribution is 2.09. The molecular formula is C15H28N4O2. The van der Waals surface area contributed by atoms with Crippen LogP contribution in [0, 0.1) is 0 Å². The van der Waals surface area contributed by atoms with Crippen molar-refractivity contribution in [1.82, 2.24) is 20.4 Å². The van der Waals surface area contributed by atoms with Crippen molar-refractivity contribution in [1.29, 1.82) is 0 Å². The molecule has 2 aliphatic rings. The first-order chi connectivity index (χ1) is 10.3. The first kappa shape index (κ1) is 16.2. The number of carbonyl (C=O) groups excluding carboxylic acids is 2. The Balaban J connectivity index is 1.58. The van der Waals surface area contributed by atoms with Crippen molar-refractivity contribution in [3.05, 3.63) is 0 Å². The third-order valence-corrected chi connectivity index (χ3v) is 4.17. The Bertz CT molecular complexity index is 335. The number of hydrogen-bond donors (Lipinski definition) is 2. The van der Waals surface area contributed by atoms with Gasteiger partial charge in [0.1, 0.15) is 0 Å². The van der Waals surface area contributed by atoms with Gasteiger partial charge in [-0.25, -0.2) is 0 Å². The van der Waals surface area contributed by atoms with E-state index >= 15 is 0 Å². The Labute approximate surface area is 127 Å². The molecule has 2 amide bonds. The maximum Gasteiger partial charge on any atom is 0.234 e. The molecule has 2 saturated heterocycles. The number of amides is 2. The van der Waals surface area contributed by atoms with Crippen LogP contribution in [0.5, 0.6) is 0 Å². The second-order valence-electron chi connectivity index (χ2n) is 5.92. The van der Waals surface area contributed by atoms with Crippen LogP contribution in [0.3, 0.4) is 0 Å². The Morgan fingerprint density at radius 3 is 2.57 bits per heavy atom. The van der Waals surface area contributed by atoms with Crippen LogP contribution in [-0.4, -0.2) is 74.0 Å². The third kappa shape index (κ3) is 6.01. The summed E-state index contributed by atoms with van der Waals surface area (Å²) in [6.45, 7) is 6.53. The van der Waals surface area contributed by atoms with Crippen LogP contribution >= 0.6 is 0 Å². The highest BCUT2D eigenvalue weighted by atomic mass is 16.2. The molecule has 6 nitrogen and oxygen atoms in total. The molecule has 0 bridgehead atoms. The summed E-state index contributed by atoms with van der Waals surface area (Å²) in [5.41, 5.74) is 0. The second kappa shape index (κ2) is 9.00. The lowest BCUT2D eigenvalue weighted by Crippen LogP contribution is -2.41. The Morgan fingerprint density at radius 1 is 0.952 bits per heavy atom. The fraction of sp³-hybridized carbons (Fsp3) is 0.867. The lowest BCUT2D eigenvalue weighted by Gasteiger charge is -2.26. The van der Waals surface area contributed by atoms with Gasteiger partial charge >= 0.3 is 0 Å². The van der Waals surface area contributed by atoms with Crippen LogP contribution in [0.25, 0.3) is 0 Å². The minimum atomic E-state index is 0.0309. The van der Waals surface area contributed by atoms with Crippen LogP contribution in [0.2, 0.25) is 0 Å². The number of nitrogens with one attached hydrogen (secondary N) is 2. The number of carbonyl (C=O) groups is 2. The molecular weight excluding hydrogens is 268 g/mol. The summed E-state index contributed by atoms with van der Waals surface area (Å²) in [6.07, 6.45) is 4.96. The van der Waals surface area contributed by atoms with E-state index in [4.69, 9.17) is 0 Å². The molecule has 2 fully saturated rings. The monoisotopic (exact) mass is 296 g/mol. The molecule has 2 heterocycles. The van der Waals surface area contributed by atoms with Gasteiger partial charge in [-0.2, -0.15) is 0 Å². The molecule has 2 N–H and O–H groups in total. The molecule has 120 valence electrons.